The monoisotopic (exact) mass is 395 g/mol. The largest absolute Gasteiger partial charge is 0.497 e. The maximum atomic E-state index is 12.0. The molecule has 6 nitrogen and oxygen atoms in total. The number of aromatic nitrogens is 2. The highest BCUT2D eigenvalue weighted by Gasteiger charge is 2.18. The number of hydrogen-bond acceptors (Lipinski definition) is 4. The van der Waals surface area contributed by atoms with Crippen molar-refractivity contribution in [3.63, 3.8) is 0 Å². The molecule has 0 spiro atoms. The van der Waals surface area contributed by atoms with Crippen molar-refractivity contribution in [1.82, 2.24) is 14.9 Å². The van der Waals surface area contributed by atoms with Crippen LogP contribution in [-0.2, 0) is 11.3 Å². The number of para-hydroxylation sites is 2. The lowest BCUT2D eigenvalue weighted by Gasteiger charge is -2.16. The molecule has 29 heavy (non-hydrogen) atoms. The average Bonchev–Trinajstić information content (AvgIpc) is 3.10. The van der Waals surface area contributed by atoms with E-state index in [0.29, 0.717) is 13.0 Å². The molecule has 0 aliphatic carbocycles. The van der Waals surface area contributed by atoms with Gasteiger partial charge in [-0.2, -0.15) is 0 Å². The Morgan fingerprint density at radius 3 is 2.76 bits per heavy atom. The van der Waals surface area contributed by atoms with Crippen LogP contribution in [-0.4, -0.2) is 29.2 Å². The number of benzene rings is 2. The van der Waals surface area contributed by atoms with Gasteiger partial charge in [0.1, 0.15) is 17.3 Å². The van der Waals surface area contributed by atoms with Crippen LogP contribution in [0.3, 0.4) is 0 Å². The summed E-state index contributed by atoms with van der Waals surface area (Å²) in [5.41, 5.74) is 2.01. The number of carbonyl (C=O) groups is 1. The number of fused-ring (bicyclic) bond motifs is 1. The van der Waals surface area contributed by atoms with Crippen molar-refractivity contribution in [2.24, 2.45) is 0 Å². The Labute approximate surface area is 171 Å². The highest BCUT2D eigenvalue weighted by atomic mass is 16.5. The Morgan fingerprint density at radius 2 is 1.97 bits per heavy atom. The zero-order valence-corrected chi connectivity index (χ0v) is 17.4. The zero-order valence-electron chi connectivity index (χ0n) is 17.4. The first kappa shape index (κ1) is 20.7. The third-order valence-corrected chi connectivity index (χ3v) is 4.76. The molecule has 2 aromatic carbocycles. The van der Waals surface area contributed by atoms with E-state index in [-0.39, 0.29) is 11.9 Å². The quantitative estimate of drug-likeness (QED) is 0.514. The fraction of sp³-hybridized carbons (Fsp3) is 0.391. The molecule has 1 aromatic heterocycles. The summed E-state index contributed by atoms with van der Waals surface area (Å²) in [5.74, 6) is 2.50. The van der Waals surface area contributed by atoms with E-state index in [2.05, 4.69) is 16.0 Å². The molecule has 0 aliphatic rings. The maximum absolute atomic E-state index is 12.0. The van der Waals surface area contributed by atoms with Crippen LogP contribution in [0, 0.1) is 0 Å². The molecule has 1 N–H and O–H groups in total. The summed E-state index contributed by atoms with van der Waals surface area (Å²) in [5, 5.41) is 3.06. The first-order valence-electron chi connectivity index (χ1n) is 10.1. The molecule has 1 amide bonds. The summed E-state index contributed by atoms with van der Waals surface area (Å²) in [4.78, 5) is 16.8. The number of imidazole rings is 1. The number of carbonyl (C=O) groups excluding carboxylic acids is 1. The van der Waals surface area contributed by atoms with E-state index in [4.69, 9.17) is 14.5 Å². The lowest BCUT2D eigenvalue weighted by molar-refractivity contribution is -0.121. The lowest BCUT2D eigenvalue weighted by Crippen LogP contribution is -2.28. The predicted molar refractivity (Wildman–Crippen MR) is 114 cm³/mol. The molecule has 0 saturated heterocycles. The molecular formula is C23H29N3O3. The molecule has 1 atom stereocenters. The highest BCUT2D eigenvalue weighted by molar-refractivity contribution is 5.78. The van der Waals surface area contributed by atoms with Gasteiger partial charge >= 0.3 is 0 Å². The molecule has 0 bridgehead atoms. The van der Waals surface area contributed by atoms with E-state index >= 15 is 0 Å². The summed E-state index contributed by atoms with van der Waals surface area (Å²) in [6.45, 7) is 5.32. The number of aryl methyl sites for hydroxylation is 1. The molecule has 1 unspecified atom stereocenters. The number of hydrogen-bond donors (Lipinski definition) is 1. The minimum atomic E-state index is -0.152. The normalized spacial score (nSPS) is 12.0. The van der Waals surface area contributed by atoms with Crippen LogP contribution >= 0.6 is 0 Å². The molecule has 0 fully saturated rings. The van der Waals surface area contributed by atoms with Crippen molar-refractivity contribution in [2.75, 3.05) is 13.7 Å². The zero-order chi connectivity index (χ0) is 20.6. The van der Waals surface area contributed by atoms with E-state index in [0.717, 1.165) is 47.7 Å². The molecular weight excluding hydrogens is 366 g/mol. The van der Waals surface area contributed by atoms with Crippen molar-refractivity contribution >= 4 is 16.9 Å². The number of rotatable bonds is 10. The summed E-state index contributed by atoms with van der Waals surface area (Å²) in [6.07, 6.45) is 2.18. The van der Waals surface area contributed by atoms with Gasteiger partial charge in [0.15, 0.2) is 0 Å². The molecule has 154 valence electrons. The third kappa shape index (κ3) is 5.28. The maximum Gasteiger partial charge on any atom is 0.220 e. The standard InChI is InChI=1S/C23H29N3O3/c1-4-9-22(27)24-17(2)23-25-20-12-5-6-13-21(20)26(23)14-8-15-29-19-11-7-10-18(16-19)28-3/h5-7,10-13,16-17H,4,8-9,14-15H2,1-3H3,(H,24,27). The number of nitrogens with zero attached hydrogens (tertiary/aromatic N) is 2. The van der Waals surface area contributed by atoms with E-state index < -0.39 is 0 Å². The molecule has 0 saturated carbocycles. The predicted octanol–water partition coefficient (Wildman–Crippen LogP) is 4.49. The number of amides is 1. The van der Waals surface area contributed by atoms with E-state index in [1.165, 1.54) is 0 Å². The van der Waals surface area contributed by atoms with Gasteiger partial charge in [0.2, 0.25) is 5.91 Å². The number of nitrogens with one attached hydrogen (secondary N) is 1. The van der Waals surface area contributed by atoms with Gasteiger partial charge in [-0.3, -0.25) is 4.79 Å². The topological polar surface area (TPSA) is 65.4 Å². The Balaban J connectivity index is 1.69. The average molecular weight is 396 g/mol. The van der Waals surface area contributed by atoms with Crippen LogP contribution in [0.2, 0.25) is 0 Å². The summed E-state index contributed by atoms with van der Waals surface area (Å²) >= 11 is 0. The second-order valence-electron chi connectivity index (χ2n) is 7.03. The molecule has 1 heterocycles. The Hall–Kier alpha value is -3.02. The van der Waals surface area contributed by atoms with Crippen molar-refractivity contribution in [3.05, 3.63) is 54.4 Å². The van der Waals surface area contributed by atoms with Crippen molar-refractivity contribution in [1.29, 1.82) is 0 Å². The Kier molecular flexibility index (Phi) is 7.11. The van der Waals surface area contributed by atoms with Crippen LogP contribution in [0.4, 0.5) is 0 Å². The van der Waals surface area contributed by atoms with E-state index in [1.54, 1.807) is 7.11 Å². The van der Waals surface area contributed by atoms with E-state index in [9.17, 15) is 4.79 Å². The van der Waals surface area contributed by atoms with E-state index in [1.807, 2.05) is 56.3 Å². The second kappa shape index (κ2) is 9.96. The number of ether oxygens (including phenoxy) is 2. The highest BCUT2D eigenvalue weighted by Crippen LogP contribution is 2.22. The smallest absolute Gasteiger partial charge is 0.220 e. The van der Waals surface area contributed by atoms with Crippen LogP contribution in [0.15, 0.2) is 48.5 Å². The first-order chi connectivity index (χ1) is 14.1. The fourth-order valence-electron chi connectivity index (χ4n) is 3.37. The van der Waals surface area contributed by atoms with Crippen LogP contribution in [0.25, 0.3) is 11.0 Å². The summed E-state index contributed by atoms with van der Waals surface area (Å²) in [6, 6.07) is 15.5. The summed E-state index contributed by atoms with van der Waals surface area (Å²) in [7, 11) is 1.64. The lowest BCUT2D eigenvalue weighted by atomic mass is 10.2. The van der Waals surface area contributed by atoms with Crippen LogP contribution in [0.5, 0.6) is 11.5 Å². The molecule has 0 radical (unpaired) electrons. The van der Waals surface area contributed by atoms with Crippen LogP contribution < -0.4 is 14.8 Å². The Bertz CT molecular complexity index is 951. The molecule has 3 aromatic rings. The minimum absolute atomic E-state index is 0.0555. The van der Waals surface area contributed by atoms with Crippen molar-refractivity contribution in [2.45, 2.75) is 45.7 Å². The summed E-state index contributed by atoms with van der Waals surface area (Å²) < 4.78 is 13.3. The van der Waals surface area contributed by atoms with Gasteiger partial charge < -0.3 is 19.4 Å². The van der Waals surface area contributed by atoms with Gasteiger partial charge in [0.05, 0.1) is 30.8 Å². The molecule has 3 rings (SSSR count). The first-order valence-corrected chi connectivity index (χ1v) is 10.1. The van der Waals surface area contributed by atoms with Gasteiger partial charge in [-0.15, -0.1) is 0 Å². The van der Waals surface area contributed by atoms with Gasteiger partial charge in [-0.1, -0.05) is 25.1 Å². The molecule has 6 heteroatoms. The third-order valence-electron chi connectivity index (χ3n) is 4.76. The van der Waals surface area contributed by atoms with Gasteiger partial charge in [-0.25, -0.2) is 4.98 Å². The molecule has 0 aliphatic heterocycles. The SMILES string of the molecule is CCCC(=O)NC(C)c1nc2ccccc2n1CCCOc1cccc(OC)c1. The minimum Gasteiger partial charge on any atom is -0.497 e. The van der Waals surface area contributed by atoms with Crippen LogP contribution in [0.1, 0.15) is 45.0 Å². The van der Waals surface area contributed by atoms with Gasteiger partial charge in [0, 0.05) is 19.0 Å². The van der Waals surface area contributed by atoms with Crippen molar-refractivity contribution < 1.29 is 14.3 Å². The van der Waals surface area contributed by atoms with Gasteiger partial charge in [0.25, 0.3) is 0 Å². The second-order valence-corrected chi connectivity index (χ2v) is 7.03. The van der Waals surface area contributed by atoms with Gasteiger partial charge in [-0.05, 0) is 44.0 Å². The van der Waals surface area contributed by atoms with Crippen molar-refractivity contribution in [3.8, 4) is 11.5 Å². The fourth-order valence-corrected chi connectivity index (χ4v) is 3.37. The Morgan fingerprint density at radius 1 is 1.17 bits per heavy atom. The number of methoxy groups -OCH3 is 1.